The monoisotopic (exact) mass is 272 g/mol. The lowest BCUT2D eigenvalue weighted by Gasteiger charge is -2.24. The minimum Gasteiger partial charge on any atom is -0.481 e. The Morgan fingerprint density at radius 1 is 1.47 bits per heavy atom. The Kier molecular flexibility index (Phi) is 4.74. The third-order valence-electron chi connectivity index (χ3n) is 3.67. The Hall–Kier alpha value is -1.79. The first-order chi connectivity index (χ1) is 8.86. The number of rotatable bonds is 4. The van der Waals surface area contributed by atoms with Crippen LogP contribution in [-0.4, -0.2) is 54.2 Å². The van der Waals surface area contributed by atoms with Crippen LogP contribution >= 0.6 is 0 Å². The fourth-order valence-corrected chi connectivity index (χ4v) is 2.17. The fourth-order valence-electron chi connectivity index (χ4n) is 2.17. The van der Waals surface area contributed by atoms with Gasteiger partial charge in [0, 0.05) is 13.1 Å². The highest BCUT2D eigenvalue weighted by atomic mass is 16.5. The molecule has 2 unspecified atom stereocenters. The first-order valence-corrected chi connectivity index (χ1v) is 6.23. The molecule has 1 rings (SSSR count). The van der Waals surface area contributed by atoms with Crippen molar-refractivity contribution >= 4 is 18.0 Å². The van der Waals surface area contributed by atoms with Crippen LogP contribution in [0.3, 0.4) is 0 Å². The summed E-state index contributed by atoms with van der Waals surface area (Å²) in [6.07, 6.45) is 0.900. The van der Waals surface area contributed by atoms with Crippen molar-refractivity contribution in [2.24, 2.45) is 5.41 Å². The van der Waals surface area contributed by atoms with Gasteiger partial charge in [0.1, 0.15) is 6.04 Å². The molecule has 0 aromatic heterocycles. The SMILES string of the molecule is CCC1(C(=O)O)CCN(C(=O)NC(C)C(=O)OC)C1. The van der Waals surface area contributed by atoms with Crippen LogP contribution in [0.25, 0.3) is 0 Å². The van der Waals surface area contributed by atoms with Crippen LogP contribution in [0, 0.1) is 5.41 Å². The summed E-state index contributed by atoms with van der Waals surface area (Å²) >= 11 is 0. The highest BCUT2D eigenvalue weighted by molar-refractivity contribution is 5.84. The van der Waals surface area contributed by atoms with Gasteiger partial charge < -0.3 is 20.1 Å². The van der Waals surface area contributed by atoms with Crippen LogP contribution < -0.4 is 5.32 Å². The minimum atomic E-state index is -0.883. The Morgan fingerprint density at radius 2 is 2.11 bits per heavy atom. The Morgan fingerprint density at radius 3 is 2.53 bits per heavy atom. The summed E-state index contributed by atoms with van der Waals surface area (Å²) in [6.45, 7) is 3.86. The number of hydrogen-bond acceptors (Lipinski definition) is 4. The third kappa shape index (κ3) is 3.15. The van der Waals surface area contributed by atoms with Crippen molar-refractivity contribution in [3.05, 3.63) is 0 Å². The number of urea groups is 1. The smallest absolute Gasteiger partial charge is 0.328 e. The lowest BCUT2D eigenvalue weighted by atomic mass is 9.84. The Labute approximate surface area is 111 Å². The van der Waals surface area contributed by atoms with E-state index in [4.69, 9.17) is 0 Å². The maximum Gasteiger partial charge on any atom is 0.328 e. The van der Waals surface area contributed by atoms with Gasteiger partial charge in [-0.25, -0.2) is 9.59 Å². The van der Waals surface area contributed by atoms with Gasteiger partial charge in [0.05, 0.1) is 12.5 Å². The van der Waals surface area contributed by atoms with Crippen molar-refractivity contribution in [1.82, 2.24) is 10.2 Å². The van der Waals surface area contributed by atoms with E-state index in [9.17, 15) is 19.5 Å². The predicted octanol–water partition coefficient (Wildman–Crippen LogP) is 0.444. The number of esters is 1. The zero-order valence-corrected chi connectivity index (χ0v) is 11.4. The molecule has 0 radical (unpaired) electrons. The topological polar surface area (TPSA) is 95.9 Å². The second-order valence-corrected chi connectivity index (χ2v) is 4.80. The third-order valence-corrected chi connectivity index (χ3v) is 3.67. The molecule has 7 heteroatoms. The molecule has 1 aliphatic rings. The largest absolute Gasteiger partial charge is 0.481 e. The molecule has 2 amide bonds. The second kappa shape index (κ2) is 5.90. The number of nitrogens with zero attached hydrogens (tertiary/aromatic N) is 1. The van der Waals surface area contributed by atoms with Crippen LogP contribution in [0.2, 0.25) is 0 Å². The molecular formula is C12H20N2O5. The molecular weight excluding hydrogens is 252 g/mol. The summed E-state index contributed by atoms with van der Waals surface area (Å²) in [5.74, 6) is -1.42. The summed E-state index contributed by atoms with van der Waals surface area (Å²) in [6, 6.07) is -1.19. The van der Waals surface area contributed by atoms with E-state index in [-0.39, 0.29) is 6.54 Å². The maximum atomic E-state index is 11.9. The Bertz CT molecular complexity index is 384. The molecule has 1 heterocycles. The number of aliphatic carboxylic acids is 1. The first kappa shape index (κ1) is 15.3. The molecule has 0 aliphatic carbocycles. The summed E-state index contributed by atoms with van der Waals surface area (Å²) in [5, 5.41) is 11.7. The standard InChI is InChI=1S/C12H20N2O5/c1-4-12(10(16)17)5-6-14(7-12)11(18)13-8(2)9(15)19-3/h8H,4-7H2,1-3H3,(H,13,18)(H,16,17). The number of nitrogens with one attached hydrogen (secondary N) is 1. The van der Waals surface area contributed by atoms with Crippen molar-refractivity contribution in [2.75, 3.05) is 20.2 Å². The molecule has 1 saturated heterocycles. The van der Waals surface area contributed by atoms with E-state index in [1.807, 2.05) is 0 Å². The van der Waals surface area contributed by atoms with E-state index in [0.29, 0.717) is 19.4 Å². The molecule has 19 heavy (non-hydrogen) atoms. The van der Waals surface area contributed by atoms with Gasteiger partial charge in [0.2, 0.25) is 0 Å². The van der Waals surface area contributed by atoms with Crippen LogP contribution in [0.1, 0.15) is 26.7 Å². The highest BCUT2D eigenvalue weighted by Crippen LogP contribution is 2.34. The lowest BCUT2D eigenvalue weighted by Crippen LogP contribution is -2.47. The molecule has 0 saturated carbocycles. The van der Waals surface area contributed by atoms with Crippen molar-refractivity contribution < 1.29 is 24.2 Å². The predicted molar refractivity (Wildman–Crippen MR) is 66.6 cm³/mol. The number of hydrogen-bond donors (Lipinski definition) is 2. The molecule has 7 nitrogen and oxygen atoms in total. The second-order valence-electron chi connectivity index (χ2n) is 4.80. The molecule has 2 N–H and O–H groups in total. The van der Waals surface area contributed by atoms with Crippen molar-refractivity contribution in [3.63, 3.8) is 0 Å². The van der Waals surface area contributed by atoms with Gasteiger partial charge in [-0.15, -0.1) is 0 Å². The number of likely N-dealkylation sites (tertiary alicyclic amines) is 1. The van der Waals surface area contributed by atoms with E-state index >= 15 is 0 Å². The maximum absolute atomic E-state index is 11.9. The van der Waals surface area contributed by atoms with Crippen LogP contribution in [0.4, 0.5) is 4.79 Å². The van der Waals surface area contributed by atoms with Gasteiger partial charge in [-0.3, -0.25) is 4.79 Å². The minimum absolute atomic E-state index is 0.165. The summed E-state index contributed by atoms with van der Waals surface area (Å²) in [4.78, 5) is 35.8. The molecule has 2 atom stereocenters. The number of carboxylic acids is 1. The van der Waals surface area contributed by atoms with Gasteiger partial charge in [-0.2, -0.15) is 0 Å². The molecule has 0 spiro atoms. The van der Waals surface area contributed by atoms with Crippen LogP contribution in [0.15, 0.2) is 0 Å². The first-order valence-electron chi connectivity index (χ1n) is 6.23. The van der Waals surface area contributed by atoms with Crippen molar-refractivity contribution in [2.45, 2.75) is 32.7 Å². The summed E-state index contributed by atoms with van der Waals surface area (Å²) in [5.41, 5.74) is -0.869. The number of ether oxygens (including phenoxy) is 1. The van der Waals surface area contributed by atoms with E-state index in [0.717, 1.165) is 0 Å². The van der Waals surface area contributed by atoms with E-state index in [1.165, 1.54) is 18.9 Å². The van der Waals surface area contributed by atoms with Gasteiger partial charge in [0.25, 0.3) is 0 Å². The highest BCUT2D eigenvalue weighted by Gasteiger charge is 2.45. The number of carbonyl (C=O) groups is 3. The Balaban J connectivity index is 2.62. The molecule has 108 valence electrons. The summed E-state index contributed by atoms with van der Waals surface area (Å²) in [7, 11) is 1.24. The normalized spacial score (nSPS) is 23.8. The van der Waals surface area contributed by atoms with Gasteiger partial charge in [-0.1, -0.05) is 6.92 Å². The fraction of sp³-hybridized carbons (Fsp3) is 0.750. The van der Waals surface area contributed by atoms with Crippen LogP contribution in [-0.2, 0) is 14.3 Å². The lowest BCUT2D eigenvalue weighted by molar-refractivity contribution is -0.148. The molecule has 1 aliphatic heterocycles. The van der Waals surface area contributed by atoms with Crippen molar-refractivity contribution in [1.29, 1.82) is 0 Å². The van der Waals surface area contributed by atoms with Gasteiger partial charge in [0.15, 0.2) is 0 Å². The van der Waals surface area contributed by atoms with E-state index in [2.05, 4.69) is 10.1 Å². The number of amides is 2. The van der Waals surface area contributed by atoms with E-state index < -0.39 is 29.4 Å². The zero-order chi connectivity index (χ0) is 14.6. The molecule has 0 aromatic rings. The van der Waals surface area contributed by atoms with Crippen molar-refractivity contribution in [3.8, 4) is 0 Å². The number of carbonyl (C=O) groups excluding carboxylic acids is 2. The average Bonchev–Trinajstić information content (AvgIpc) is 2.83. The molecule has 1 fully saturated rings. The van der Waals surface area contributed by atoms with Gasteiger partial charge >= 0.3 is 18.0 Å². The number of carboxylic acid groups (broad SMARTS) is 1. The zero-order valence-electron chi connectivity index (χ0n) is 11.4. The quantitative estimate of drug-likeness (QED) is 0.724. The molecule has 0 bridgehead atoms. The van der Waals surface area contributed by atoms with Crippen LogP contribution in [0.5, 0.6) is 0 Å². The average molecular weight is 272 g/mol. The van der Waals surface area contributed by atoms with Gasteiger partial charge in [-0.05, 0) is 19.8 Å². The summed E-state index contributed by atoms with van der Waals surface area (Å²) < 4.78 is 4.51. The van der Waals surface area contributed by atoms with E-state index in [1.54, 1.807) is 6.92 Å². The number of methoxy groups -OCH3 is 1. The molecule has 0 aromatic carbocycles.